The van der Waals surface area contributed by atoms with Gasteiger partial charge in [-0.1, -0.05) is 36.8 Å². The summed E-state index contributed by atoms with van der Waals surface area (Å²) in [5.74, 6) is 1.53. The Morgan fingerprint density at radius 1 is 1.27 bits per heavy atom. The van der Waals surface area contributed by atoms with Gasteiger partial charge >= 0.3 is 0 Å². The van der Waals surface area contributed by atoms with E-state index < -0.39 is 0 Å². The summed E-state index contributed by atoms with van der Waals surface area (Å²) in [6, 6.07) is 9.69. The van der Waals surface area contributed by atoms with Crippen LogP contribution in [0.25, 0.3) is 0 Å². The first kappa shape index (κ1) is 16.8. The van der Waals surface area contributed by atoms with Crippen LogP contribution in [0.5, 0.6) is 0 Å². The van der Waals surface area contributed by atoms with Crippen LogP contribution in [0.3, 0.4) is 0 Å². The van der Waals surface area contributed by atoms with Gasteiger partial charge in [-0.3, -0.25) is 9.89 Å². The molecule has 1 heterocycles. The highest BCUT2D eigenvalue weighted by molar-refractivity contribution is 5.80. The molecule has 0 radical (unpaired) electrons. The van der Waals surface area contributed by atoms with Gasteiger partial charge in [0.25, 0.3) is 0 Å². The fourth-order valence-corrected chi connectivity index (χ4v) is 2.88. The molecule has 4 heteroatoms. The summed E-state index contributed by atoms with van der Waals surface area (Å²) in [6.07, 6.45) is 0. The van der Waals surface area contributed by atoms with E-state index in [9.17, 15) is 0 Å². The lowest BCUT2D eigenvalue weighted by molar-refractivity contribution is 0.265. The molecule has 1 aromatic rings. The molecule has 0 aromatic heterocycles. The molecule has 22 heavy (non-hydrogen) atoms. The van der Waals surface area contributed by atoms with E-state index in [1.165, 1.54) is 11.1 Å². The summed E-state index contributed by atoms with van der Waals surface area (Å²) in [5, 5.41) is 7.00. The van der Waals surface area contributed by atoms with Crippen molar-refractivity contribution in [2.75, 3.05) is 20.1 Å². The Bertz CT molecular complexity index is 492. The second-order valence-corrected chi connectivity index (χ2v) is 6.69. The largest absolute Gasteiger partial charge is 0.352 e. The minimum absolute atomic E-state index is 0.464. The first-order valence-corrected chi connectivity index (χ1v) is 8.26. The van der Waals surface area contributed by atoms with Gasteiger partial charge in [0.15, 0.2) is 5.96 Å². The van der Waals surface area contributed by atoms with Crippen LogP contribution < -0.4 is 10.6 Å². The summed E-state index contributed by atoms with van der Waals surface area (Å²) in [6.45, 7) is 12.0. The van der Waals surface area contributed by atoms with E-state index in [2.05, 4.69) is 72.5 Å². The Hall–Kier alpha value is -1.55. The molecule has 122 valence electrons. The van der Waals surface area contributed by atoms with Crippen LogP contribution in [0.15, 0.2) is 29.3 Å². The van der Waals surface area contributed by atoms with E-state index in [0.717, 1.165) is 25.6 Å². The first-order valence-electron chi connectivity index (χ1n) is 8.26. The van der Waals surface area contributed by atoms with Gasteiger partial charge in [-0.2, -0.15) is 0 Å². The number of hydrogen-bond donors (Lipinski definition) is 2. The van der Waals surface area contributed by atoms with Gasteiger partial charge in [0.05, 0.1) is 0 Å². The third-order valence-corrected chi connectivity index (χ3v) is 4.50. The van der Waals surface area contributed by atoms with Crippen molar-refractivity contribution in [2.24, 2.45) is 10.9 Å². The molecule has 0 amide bonds. The van der Waals surface area contributed by atoms with Crippen LogP contribution in [0.1, 0.15) is 31.9 Å². The Kier molecular flexibility index (Phi) is 5.83. The molecule has 2 rings (SSSR count). The molecule has 1 aromatic carbocycles. The number of aryl methyl sites for hydroxylation is 1. The molecule has 1 aliphatic rings. The monoisotopic (exact) mass is 302 g/mol. The lowest BCUT2D eigenvalue weighted by Crippen LogP contribution is -2.46. The summed E-state index contributed by atoms with van der Waals surface area (Å²) in [4.78, 5) is 6.89. The molecule has 1 fully saturated rings. The van der Waals surface area contributed by atoms with Gasteiger partial charge < -0.3 is 10.6 Å². The third-order valence-electron chi connectivity index (χ3n) is 4.50. The fourth-order valence-electron chi connectivity index (χ4n) is 2.88. The Balaban J connectivity index is 1.86. The van der Waals surface area contributed by atoms with Crippen molar-refractivity contribution in [1.82, 2.24) is 15.5 Å². The summed E-state index contributed by atoms with van der Waals surface area (Å²) in [7, 11) is 1.84. The molecule has 0 spiro atoms. The maximum Gasteiger partial charge on any atom is 0.191 e. The zero-order chi connectivity index (χ0) is 16.1. The van der Waals surface area contributed by atoms with Crippen LogP contribution >= 0.6 is 0 Å². The number of nitrogens with zero attached hydrogens (tertiary/aromatic N) is 2. The molecule has 0 bridgehead atoms. The molecule has 1 saturated heterocycles. The van der Waals surface area contributed by atoms with Crippen LogP contribution in [0, 0.1) is 12.8 Å². The molecule has 0 aliphatic carbocycles. The number of hydrogen-bond acceptors (Lipinski definition) is 2. The van der Waals surface area contributed by atoms with Crippen molar-refractivity contribution in [1.29, 1.82) is 0 Å². The second kappa shape index (κ2) is 7.63. The Labute approximate surface area is 135 Å². The maximum absolute atomic E-state index is 4.36. The van der Waals surface area contributed by atoms with Gasteiger partial charge in [0, 0.05) is 38.8 Å². The van der Waals surface area contributed by atoms with Crippen LogP contribution in [0.4, 0.5) is 0 Å². The normalized spacial score (nSPS) is 23.1. The highest BCUT2D eigenvalue weighted by Crippen LogP contribution is 2.18. The van der Waals surface area contributed by atoms with Gasteiger partial charge in [-0.05, 0) is 32.3 Å². The predicted molar refractivity (Wildman–Crippen MR) is 94.2 cm³/mol. The molecular weight excluding hydrogens is 272 g/mol. The fraction of sp³-hybridized carbons (Fsp3) is 0.611. The number of aliphatic imine (C=N–C) groups is 1. The van der Waals surface area contributed by atoms with E-state index >= 15 is 0 Å². The number of likely N-dealkylation sites (tertiary alicyclic amines) is 1. The van der Waals surface area contributed by atoms with Crippen molar-refractivity contribution in [3.05, 3.63) is 35.4 Å². The SMILES string of the molecule is CN=C(NCc1ccc(C)cc1)NC1CN(C(C)C)CC1C. The first-order chi connectivity index (χ1) is 10.5. The number of rotatable bonds is 4. The van der Waals surface area contributed by atoms with Crippen molar-refractivity contribution in [3.63, 3.8) is 0 Å². The van der Waals surface area contributed by atoms with Crippen molar-refractivity contribution in [2.45, 2.75) is 46.3 Å². The average Bonchev–Trinajstić information content (AvgIpc) is 2.86. The van der Waals surface area contributed by atoms with Gasteiger partial charge in [-0.15, -0.1) is 0 Å². The highest BCUT2D eigenvalue weighted by Gasteiger charge is 2.31. The lowest BCUT2D eigenvalue weighted by atomic mass is 10.1. The van der Waals surface area contributed by atoms with Crippen LogP contribution in [-0.2, 0) is 6.54 Å². The van der Waals surface area contributed by atoms with Gasteiger partial charge in [0.1, 0.15) is 0 Å². The molecule has 0 saturated carbocycles. The van der Waals surface area contributed by atoms with E-state index in [1.54, 1.807) is 0 Å². The van der Waals surface area contributed by atoms with E-state index in [4.69, 9.17) is 0 Å². The smallest absolute Gasteiger partial charge is 0.191 e. The lowest BCUT2D eigenvalue weighted by Gasteiger charge is -2.22. The molecule has 2 atom stereocenters. The van der Waals surface area contributed by atoms with Crippen molar-refractivity contribution < 1.29 is 0 Å². The zero-order valence-corrected chi connectivity index (χ0v) is 14.6. The molecule has 2 N–H and O–H groups in total. The standard InChI is InChI=1S/C18H30N4/c1-13(2)22-11-15(4)17(12-22)21-18(19-5)20-10-16-8-6-14(3)7-9-16/h6-9,13,15,17H,10-12H2,1-5H3,(H2,19,20,21). The molecular formula is C18H30N4. The van der Waals surface area contributed by atoms with E-state index in [-0.39, 0.29) is 0 Å². The van der Waals surface area contributed by atoms with E-state index in [0.29, 0.717) is 18.0 Å². The highest BCUT2D eigenvalue weighted by atomic mass is 15.3. The van der Waals surface area contributed by atoms with Crippen molar-refractivity contribution >= 4 is 5.96 Å². The zero-order valence-electron chi connectivity index (χ0n) is 14.6. The summed E-state index contributed by atoms with van der Waals surface area (Å²) in [5.41, 5.74) is 2.57. The molecule has 2 unspecified atom stereocenters. The Morgan fingerprint density at radius 3 is 2.50 bits per heavy atom. The Morgan fingerprint density at radius 2 is 1.95 bits per heavy atom. The number of guanidine groups is 1. The quantitative estimate of drug-likeness (QED) is 0.663. The number of nitrogens with one attached hydrogen (secondary N) is 2. The minimum Gasteiger partial charge on any atom is -0.352 e. The van der Waals surface area contributed by atoms with Gasteiger partial charge in [-0.25, -0.2) is 0 Å². The third kappa shape index (κ3) is 4.47. The second-order valence-electron chi connectivity index (χ2n) is 6.69. The van der Waals surface area contributed by atoms with Crippen LogP contribution in [0.2, 0.25) is 0 Å². The minimum atomic E-state index is 0.464. The summed E-state index contributed by atoms with van der Waals surface area (Å²) < 4.78 is 0. The maximum atomic E-state index is 4.36. The summed E-state index contributed by atoms with van der Waals surface area (Å²) >= 11 is 0. The molecule has 1 aliphatic heterocycles. The topological polar surface area (TPSA) is 39.7 Å². The van der Waals surface area contributed by atoms with E-state index in [1.807, 2.05) is 7.05 Å². The number of benzene rings is 1. The predicted octanol–water partition coefficient (Wildman–Crippen LogP) is 2.39. The van der Waals surface area contributed by atoms with Gasteiger partial charge in [0.2, 0.25) is 0 Å². The molecule has 4 nitrogen and oxygen atoms in total. The van der Waals surface area contributed by atoms with Crippen LogP contribution in [-0.4, -0.2) is 43.1 Å². The average molecular weight is 302 g/mol. The van der Waals surface area contributed by atoms with Crippen molar-refractivity contribution in [3.8, 4) is 0 Å².